The molecule has 6 atom stereocenters. The summed E-state index contributed by atoms with van der Waals surface area (Å²) in [4.78, 5) is 87.8. The molecule has 3 aromatic carbocycles. The number of carbonyl (C=O) groups excluding carboxylic acids is 6. The lowest BCUT2D eigenvalue weighted by Crippen LogP contribution is -2.56. The minimum Gasteiger partial charge on any atom is -0.450 e. The first-order chi connectivity index (χ1) is 26.6. The zero-order valence-electron chi connectivity index (χ0n) is 33.5. The topological polar surface area (TPSA) is 149 Å². The fraction of sp³-hybridized carbons (Fsp3) is 0.455. The van der Waals surface area contributed by atoms with Gasteiger partial charge >= 0.3 is 17.9 Å². The molecule has 0 bridgehead atoms. The minimum atomic E-state index is -1.37. The molecule has 6 unspecified atom stereocenters. The first-order valence-electron chi connectivity index (χ1n) is 19.2. The predicted octanol–water partition coefficient (Wildman–Crippen LogP) is 4.57. The van der Waals surface area contributed by atoms with Crippen LogP contribution in [-0.2, 0) is 62.2 Å². The van der Waals surface area contributed by atoms with E-state index >= 15 is 0 Å². The van der Waals surface area contributed by atoms with Crippen molar-refractivity contribution in [1.29, 1.82) is 0 Å². The van der Waals surface area contributed by atoms with Gasteiger partial charge in [0.25, 0.3) is 17.7 Å². The van der Waals surface area contributed by atoms with Gasteiger partial charge in [-0.2, -0.15) is 0 Å². The summed E-state index contributed by atoms with van der Waals surface area (Å²) in [6, 6.07) is 23.3. The summed E-state index contributed by atoms with van der Waals surface area (Å²) < 4.78 is 17.9. The van der Waals surface area contributed by atoms with Crippen LogP contribution in [0, 0.1) is 17.8 Å². The normalized spacial score (nSPS) is 23.7. The van der Waals surface area contributed by atoms with Crippen LogP contribution < -0.4 is 5.32 Å². The summed E-state index contributed by atoms with van der Waals surface area (Å²) in [5.41, 5.74) is 2.14. The van der Waals surface area contributed by atoms with E-state index in [1.807, 2.05) is 18.2 Å². The third-order valence-corrected chi connectivity index (χ3v) is 9.89. The molecule has 1 saturated heterocycles. The summed E-state index contributed by atoms with van der Waals surface area (Å²) >= 11 is 0. The van der Waals surface area contributed by atoms with Crippen LogP contribution in [0.1, 0.15) is 58.2 Å². The molecule has 3 amide bonds. The van der Waals surface area contributed by atoms with E-state index in [1.165, 1.54) is 23.9 Å². The van der Waals surface area contributed by atoms with Crippen molar-refractivity contribution >= 4 is 35.6 Å². The van der Waals surface area contributed by atoms with Crippen LogP contribution in [0.5, 0.6) is 0 Å². The Labute approximate surface area is 329 Å². The zero-order valence-corrected chi connectivity index (χ0v) is 33.5. The lowest BCUT2D eigenvalue weighted by molar-refractivity contribution is -0.176. The SMILES string of the molecule is CC(C)C1OC(=O)C(Cc2ccccc2)N(C)C(=O)C(C(C)C)OC(=O)C(Cc2ccccc2)N(C)C(=O)C(C(C)C)OC(=O)C(Cc2ccccc2)NC1=O. The number of nitrogens with one attached hydrogen (secondary N) is 1. The molecule has 12 heteroatoms. The fourth-order valence-corrected chi connectivity index (χ4v) is 6.49. The maximum atomic E-state index is 14.4. The van der Waals surface area contributed by atoms with Crippen LogP contribution in [-0.4, -0.2) is 96.0 Å². The van der Waals surface area contributed by atoms with E-state index in [0.717, 1.165) is 5.56 Å². The van der Waals surface area contributed by atoms with Crippen LogP contribution >= 0.6 is 0 Å². The van der Waals surface area contributed by atoms with Crippen molar-refractivity contribution in [2.24, 2.45) is 17.8 Å². The Morgan fingerprint density at radius 3 is 1.16 bits per heavy atom. The van der Waals surface area contributed by atoms with Gasteiger partial charge in [0.1, 0.15) is 18.1 Å². The van der Waals surface area contributed by atoms with E-state index in [1.54, 1.807) is 114 Å². The Bertz CT molecular complexity index is 1800. The lowest BCUT2D eigenvalue weighted by Gasteiger charge is -2.35. The van der Waals surface area contributed by atoms with E-state index in [9.17, 15) is 28.8 Å². The molecule has 1 N–H and O–H groups in total. The van der Waals surface area contributed by atoms with E-state index in [2.05, 4.69) is 5.32 Å². The molecule has 56 heavy (non-hydrogen) atoms. The third-order valence-electron chi connectivity index (χ3n) is 9.89. The lowest BCUT2D eigenvalue weighted by atomic mass is 9.99. The standard InChI is InChI=1S/C44H55N3O9/c1-27(2)36-39(48)45-33(24-30-18-12-9-13-19-30)42(51)55-37(28(3)4)40(49)47(8)35(26-32-22-16-11-17-23-32)44(53)56-38(29(5)6)41(50)46(7)34(43(52)54-36)25-31-20-14-10-15-21-31/h9-23,27-29,33-38H,24-26H2,1-8H3,(H,45,48). The molecular formula is C44H55N3O9. The average molecular weight is 770 g/mol. The predicted molar refractivity (Wildman–Crippen MR) is 210 cm³/mol. The fourth-order valence-electron chi connectivity index (χ4n) is 6.49. The van der Waals surface area contributed by atoms with Crippen LogP contribution in [0.3, 0.4) is 0 Å². The van der Waals surface area contributed by atoms with Crippen molar-refractivity contribution in [3.05, 3.63) is 108 Å². The highest BCUT2D eigenvalue weighted by molar-refractivity contribution is 5.94. The monoisotopic (exact) mass is 769 g/mol. The van der Waals surface area contributed by atoms with E-state index < -0.39 is 89.8 Å². The summed E-state index contributed by atoms with van der Waals surface area (Å²) in [6.07, 6.45) is -4.03. The maximum absolute atomic E-state index is 14.4. The van der Waals surface area contributed by atoms with Gasteiger partial charge in [-0.25, -0.2) is 14.4 Å². The molecule has 1 fully saturated rings. The van der Waals surface area contributed by atoms with Crippen molar-refractivity contribution in [3.8, 4) is 0 Å². The van der Waals surface area contributed by atoms with Gasteiger partial charge in [0.15, 0.2) is 18.3 Å². The van der Waals surface area contributed by atoms with Crippen molar-refractivity contribution in [2.75, 3.05) is 14.1 Å². The van der Waals surface area contributed by atoms with Gasteiger partial charge in [-0.3, -0.25) is 14.4 Å². The molecule has 4 rings (SSSR count). The number of hydrogen-bond donors (Lipinski definition) is 1. The summed E-state index contributed by atoms with van der Waals surface area (Å²) in [5.74, 6) is -6.33. The van der Waals surface area contributed by atoms with Crippen LogP contribution in [0.2, 0.25) is 0 Å². The van der Waals surface area contributed by atoms with E-state index in [4.69, 9.17) is 14.2 Å². The quantitative estimate of drug-likeness (QED) is 0.244. The number of esters is 3. The van der Waals surface area contributed by atoms with E-state index in [-0.39, 0.29) is 19.3 Å². The molecular weight excluding hydrogens is 714 g/mol. The molecule has 3 aromatic rings. The second-order valence-electron chi connectivity index (χ2n) is 15.4. The number of amides is 3. The average Bonchev–Trinajstić information content (AvgIpc) is 3.18. The van der Waals surface area contributed by atoms with Gasteiger partial charge in [-0.15, -0.1) is 0 Å². The second-order valence-corrected chi connectivity index (χ2v) is 15.4. The molecule has 0 saturated carbocycles. The van der Waals surface area contributed by atoms with Gasteiger partial charge in [-0.05, 0) is 34.4 Å². The third kappa shape index (κ3) is 11.3. The van der Waals surface area contributed by atoms with Gasteiger partial charge in [0.05, 0.1) is 0 Å². The Balaban J connectivity index is 1.85. The number of rotatable bonds is 9. The Morgan fingerprint density at radius 2 is 0.804 bits per heavy atom. The summed E-state index contributed by atoms with van der Waals surface area (Å²) in [6.45, 7) is 10.2. The molecule has 0 aromatic heterocycles. The van der Waals surface area contributed by atoms with Crippen molar-refractivity contribution in [3.63, 3.8) is 0 Å². The Kier molecular flexibility index (Phi) is 15.3. The van der Waals surface area contributed by atoms with Gasteiger partial charge in [0, 0.05) is 33.4 Å². The number of cyclic esters (lactones) is 3. The molecule has 1 heterocycles. The van der Waals surface area contributed by atoms with Gasteiger partial charge in [-0.1, -0.05) is 133 Å². The number of nitrogens with zero attached hydrogens (tertiary/aromatic N) is 2. The summed E-state index contributed by atoms with van der Waals surface area (Å²) in [5, 5.41) is 2.74. The molecule has 12 nitrogen and oxygen atoms in total. The van der Waals surface area contributed by atoms with Gasteiger partial charge in [0.2, 0.25) is 0 Å². The largest absolute Gasteiger partial charge is 0.450 e. The Morgan fingerprint density at radius 1 is 0.482 bits per heavy atom. The number of hydrogen-bond acceptors (Lipinski definition) is 9. The molecule has 300 valence electrons. The molecule has 0 spiro atoms. The highest BCUT2D eigenvalue weighted by atomic mass is 16.6. The van der Waals surface area contributed by atoms with Crippen LogP contribution in [0.4, 0.5) is 0 Å². The number of carbonyl (C=O) groups is 6. The smallest absolute Gasteiger partial charge is 0.329 e. The van der Waals surface area contributed by atoms with E-state index in [0.29, 0.717) is 11.1 Å². The number of ether oxygens (including phenoxy) is 3. The number of benzene rings is 3. The zero-order chi connectivity index (χ0) is 41.1. The molecule has 0 aliphatic carbocycles. The highest BCUT2D eigenvalue weighted by Crippen LogP contribution is 2.22. The Hall–Kier alpha value is -5.52. The summed E-state index contributed by atoms with van der Waals surface area (Å²) in [7, 11) is 2.86. The maximum Gasteiger partial charge on any atom is 0.329 e. The number of likely N-dealkylation sites (N-methyl/N-ethyl adjacent to an activating group) is 2. The first-order valence-corrected chi connectivity index (χ1v) is 19.2. The van der Waals surface area contributed by atoms with Gasteiger partial charge < -0.3 is 29.3 Å². The first kappa shape index (κ1) is 43.2. The van der Waals surface area contributed by atoms with Crippen LogP contribution in [0.25, 0.3) is 0 Å². The second kappa shape index (κ2) is 19.9. The molecule has 1 aliphatic heterocycles. The highest BCUT2D eigenvalue weighted by Gasteiger charge is 2.42. The van der Waals surface area contributed by atoms with Crippen molar-refractivity contribution in [1.82, 2.24) is 15.1 Å². The van der Waals surface area contributed by atoms with Crippen LogP contribution in [0.15, 0.2) is 91.0 Å². The molecule has 1 aliphatic rings. The minimum absolute atomic E-state index is 0.00639. The van der Waals surface area contributed by atoms with Crippen molar-refractivity contribution < 1.29 is 43.0 Å². The molecule has 0 radical (unpaired) electrons. The van der Waals surface area contributed by atoms with Crippen molar-refractivity contribution in [2.45, 2.75) is 97.2 Å².